The summed E-state index contributed by atoms with van der Waals surface area (Å²) in [5.74, 6) is 2.25. The minimum Gasteiger partial charge on any atom is -0.490 e. The molecule has 0 fully saturated rings. The zero-order valence-electron chi connectivity index (χ0n) is 19.1. The Morgan fingerprint density at radius 2 is 1.51 bits per heavy atom. The van der Waals surface area contributed by atoms with E-state index >= 15 is 0 Å². The quantitative estimate of drug-likeness (QED) is 0.283. The van der Waals surface area contributed by atoms with E-state index in [1.165, 1.54) is 12.1 Å². The Morgan fingerprint density at radius 3 is 2.26 bits per heavy atom. The number of rotatable bonds is 8. The largest absolute Gasteiger partial charge is 0.490 e. The fourth-order valence-corrected chi connectivity index (χ4v) is 3.76. The highest BCUT2D eigenvalue weighted by Gasteiger charge is 2.11. The monoisotopic (exact) mass is 466 g/mol. The summed E-state index contributed by atoms with van der Waals surface area (Å²) >= 11 is 0. The summed E-state index contributed by atoms with van der Waals surface area (Å²) < 4.78 is 24.7. The molecule has 3 aromatic carbocycles. The van der Waals surface area contributed by atoms with E-state index in [9.17, 15) is 4.39 Å². The van der Waals surface area contributed by atoms with Crippen LogP contribution in [0.1, 0.15) is 0 Å². The third-order valence-electron chi connectivity index (χ3n) is 5.44. The van der Waals surface area contributed by atoms with Gasteiger partial charge in [0, 0.05) is 36.5 Å². The molecule has 5 rings (SSSR count). The molecule has 35 heavy (non-hydrogen) atoms. The Kier molecular flexibility index (Phi) is 6.48. The van der Waals surface area contributed by atoms with Gasteiger partial charge >= 0.3 is 0 Å². The second kappa shape index (κ2) is 10.2. The Labute approximate surface area is 202 Å². The van der Waals surface area contributed by atoms with Crippen molar-refractivity contribution in [2.24, 2.45) is 0 Å². The van der Waals surface area contributed by atoms with Crippen LogP contribution in [0.2, 0.25) is 0 Å². The lowest BCUT2D eigenvalue weighted by Crippen LogP contribution is -2.09. The van der Waals surface area contributed by atoms with Crippen LogP contribution in [-0.2, 0) is 0 Å². The lowest BCUT2D eigenvalue weighted by atomic mass is 10.0. The van der Waals surface area contributed by atoms with Gasteiger partial charge in [-0.1, -0.05) is 24.3 Å². The molecule has 0 saturated heterocycles. The molecule has 0 radical (unpaired) electrons. The molecule has 6 nitrogen and oxygen atoms in total. The molecule has 0 saturated carbocycles. The van der Waals surface area contributed by atoms with Crippen LogP contribution in [0.4, 0.5) is 10.2 Å². The summed E-state index contributed by atoms with van der Waals surface area (Å²) in [5, 5.41) is 4.11. The molecule has 0 bridgehead atoms. The maximum atomic E-state index is 13.3. The zero-order valence-corrected chi connectivity index (χ0v) is 19.1. The number of nitrogens with one attached hydrogen (secondary N) is 1. The first-order chi connectivity index (χ1) is 17.2. The van der Waals surface area contributed by atoms with E-state index in [1.807, 2.05) is 55.6 Å². The van der Waals surface area contributed by atoms with Gasteiger partial charge in [0.15, 0.2) is 5.82 Å². The molecule has 2 aromatic heterocycles. The van der Waals surface area contributed by atoms with Crippen molar-refractivity contribution in [1.29, 1.82) is 0 Å². The second-order valence-electron chi connectivity index (χ2n) is 7.80. The number of pyridine rings is 1. The lowest BCUT2D eigenvalue weighted by molar-refractivity contribution is 0.216. The average molecular weight is 467 g/mol. The number of ether oxygens (including phenoxy) is 2. The third kappa shape index (κ3) is 5.19. The summed E-state index contributed by atoms with van der Waals surface area (Å²) in [6.45, 7) is 0.651. The Bertz CT molecular complexity index is 1460. The van der Waals surface area contributed by atoms with Gasteiger partial charge in [-0.25, -0.2) is 14.4 Å². The van der Waals surface area contributed by atoms with Crippen LogP contribution in [0, 0.1) is 5.82 Å². The number of anilines is 1. The van der Waals surface area contributed by atoms with E-state index in [0.29, 0.717) is 24.8 Å². The highest BCUT2D eigenvalue weighted by molar-refractivity contribution is 5.94. The van der Waals surface area contributed by atoms with Gasteiger partial charge in [0.1, 0.15) is 36.3 Å². The van der Waals surface area contributed by atoms with E-state index in [0.717, 1.165) is 39.2 Å². The first kappa shape index (κ1) is 22.3. The zero-order chi connectivity index (χ0) is 24.0. The first-order valence-corrected chi connectivity index (χ1v) is 11.2. The summed E-state index contributed by atoms with van der Waals surface area (Å²) in [6.07, 6.45) is 3.48. The predicted octanol–water partition coefficient (Wildman–Crippen LogP) is 6.00. The topological polar surface area (TPSA) is 69.2 Å². The Hall–Kier alpha value is -4.52. The maximum absolute atomic E-state index is 13.3. The van der Waals surface area contributed by atoms with Crippen molar-refractivity contribution in [1.82, 2.24) is 15.0 Å². The van der Waals surface area contributed by atoms with Gasteiger partial charge in [-0.15, -0.1) is 0 Å². The highest BCUT2D eigenvalue weighted by Crippen LogP contribution is 2.30. The summed E-state index contributed by atoms with van der Waals surface area (Å²) in [6, 6.07) is 23.8. The van der Waals surface area contributed by atoms with Gasteiger partial charge in [0.2, 0.25) is 0 Å². The molecular formula is C28H23FN4O2. The number of hydrogen-bond acceptors (Lipinski definition) is 6. The molecule has 5 aromatic rings. The Balaban J connectivity index is 1.34. The standard InChI is InChI=1S/C28H23FN4O2/c1-30-28-25-16-20(10-11-26(25)32-27(33-28)21-6-4-12-31-18-21)19-5-2-8-23(15-19)34-13-14-35-24-9-3-7-22(29)17-24/h2-12,15-18H,13-14H2,1H3,(H,30,32,33). The smallest absolute Gasteiger partial charge is 0.163 e. The molecule has 174 valence electrons. The number of fused-ring (bicyclic) bond motifs is 1. The minimum atomic E-state index is -0.327. The predicted molar refractivity (Wildman–Crippen MR) is 135 cm³/mol. The first-order valence-electron chi connectivity index (χ1n) is 11.2. The third-order valence-corrected chi connectivity index (χ3v) is 5.44. The van der Waals surface area contributed by atoms with Crippen molar-refractivity contribution in [2.75, 3.05) is 25.6 Å². The van der Waals surface area contributed by atoms with Gasteiger partial charge in [0.05, 0.1) is 5.52 Å². The van der Waals surface area contributed by atoms with Crippen LogP contribution in [-0.4, -0.2) is 35.2 Å². The number of hydrogen-bond donors (Lipinski definition) is 1. The van der Waals surface area contributed by atoms with Crippen molar-refractivity contribution < 1.29 is 13.9 Å². The van der Waals surface area contributed by atoms with Gasteiger partial charge < -0.3 is 14.8 Å². The number of nitrogens with zero attached hydrogens (tertiary/aromatic N) is 3. The highest BCUT2D eigenvalue weighted by atomic mass is 19.1. The van der Waals surface area contributed by atoms with Crippen LogP contribution in [0.25, 0.3) is 33.4 Å². The molecule has 0 amide bonds. The minimum absolute atomic E-state index is 0.311. The fraction of sp³-hybridized carbons (Fsp3) is 0.107. The van der Waals surface area contributed by atoms with E-state index in [1.54, 1.807) is 24.5 Å². The van der Waals surface area contributed by atoms with Crippen molar-refractivity contribution in [3.63, 3.8) is 0 Å². The number of halogens is 1. The van der Waals surface area contributed by atoms with E-state index in [2.05, 4.69) is 16.4 Å². The molecule has 0 aliphatic heterocycles. The van der Waals surface area contributed by atoms with Crippen LogP contribution >= 0.6 is 0 Å². The normalized spacial score (nSPS) is 10.8. The van der Waals surface area contributed by atoms with Gasteiger partial charge in [-0.2, -0.15) is 0 Å². The van der Waals surface area contributed by atoms with Crippen LogP contribution in [0.15, 0.2) is 91.3 Å². The van der Waals surface area contributed by atoms with Crippen LogP contribution in [0.5, 0.6) is 11.5 Å². The summed E-state index contributed by atoms with van der Waals surface area (Å²) in [7, 11) is 1.85. The van der Waals surface area contributed by atoms with Crippen LogP contribution in [0.3, 0.4) is 0 Å². The van der Waals surface area contributed by atoms with Crippen molar-refractivity contribution >= 4 is 16.7 Å². The summed E-state index contributed by atoms with van der Waals surface area (Å²) in [4.78, 5) is 13.6. The fourth-order valence-electron chi connectivity index (χ4n) is 3.76. The maximum Gasteiger partial charge on any atom is 0.163 e. The number of aromatic nitrogens is 3. The van der Waals surface area contributed by atoms with Crippen molar-refractivity contribution in [3.8, 4) is 34.0 Å². The summed E-state index contributed by atoms with van der Waals surface area (Å²) in [5.41, 5.74) is 3.73. The van der Waals surface area contributed by atoms with Gasteiger partial charge in [0.25, 0.3) is 0 Å². The molecule has 1 N–H and O–H groups in total. The molecule has 0 atom stereocenters. The van der Waals surface area contributed by atoms with E-state index in [-0.39, 0.29) is 5.82 Å². The van der Waals surface area contributed by atoms with Gasteiger partial charge in [-0.3, -0.25) is 4.98 Å². The van der Waals surface area contributed by atoms with E-state index in [4.69, 9.17) is 19.4 Å². The lowest BCUT2D eigenvalue weighted by Gasteiger charge is -2.12. The molecule has 0 aliphatic carbocycles. The van der Waals surface area contributed by atoms with Crippen molar-refractivity contribution in [3.05, 3.63) is 97.1 Å². The van der Waals surface area contributed by atoms with Gasteiger partial charge in [-0.05, 0) is 59.7 Å². The SMILES string of the molecule is CNc1nc(-c2cccnc2)nc2ccc(-c3cccc(OCCOc4cccc(F)c4)c3)cc12. The Morgan fingerprint density at radius 1 is 0.771 bits per heavy atom. The van der Waals surface area contributed by atoms with Crippen LogP contribution < -0.4 is 14.8 Å². The molecule has 2 heterocycles. The molecule has 0 unspecified atom stereocenters. The molecule has 0 aliphatic rings. The molecule has 7 heteroatoms. The van der Waals surface area contributed by atoms with Crippen molar-refractivity contribution in [2.45, 2.75) is 0 Å². The molecular weight excluding hydrogens is 443 g/mol. The van der Waals surface area contributed by atoms with E-state index < -0.39 is 0 Å². The number of benzene rings is 3. The molecule has 0 spiro atoms. The second-order valence-corrected chi connectivity index (χ2v) is 7.80. The average Bonchev–Trinajstić information content (AvgIpc) is 2.91.